The van der Waals surface area contributed by atoms with Gasteiger partial charge in [-0.25, -0.2) is 12.2 Å². The molecule has 0 unspecified atom stereocenters. The first-order valence-corrected chi connectivity index (χ1v) is 3.72. The Morgan fingerprint density at radius 3 is 1.70 bits per heavy atom. The van der Waals surface area contributed by atoms with E-state index in [1.54, 1.807) is 0 Å². The summed E-state index contributed by atoms with van der Waals surface area (Å²) in [4.78, 5) is 0. The predicted octanol–water partition coefficient (Wildman–Crippen LogP) is 2.86. The molecule has 0 atom stereocenters. The Kier molecular flexibility index (Phi) is 7.74. The van der Waals surface area contributed by atoms with Gasteiger partial charge < -0.3 is 0 Å². The van der Waals surface area contributed by atoms with E-state index in [0.29, 0.717) is 0 Å². The van der Waals surface area contributed by atoms with Crippen molar-refractivity contribution in [3.63, 3.8) is 0 Å². The normalized spacial score (nSPS) is 18.4. The van der Waals surface area contributed by atoms with E-state index in [4.69, 9.17) is 0 Å². The molecule has 0 aromatic rings. The molecule has 0 aromatic carbocycles. The van der Waals surface area contributed by atoms with Crippen LogP contribution in [0.4, 0.5) is 0 Å². The van der Waals surface area contributed by atoms with Crippen LogP contribution >= 0.6 is 0 Å². The first-order valence-electron chi connectivity index (χ1n) is 3.72. The molecular formula is C9H13Zr-. The molecule has 2 aliphatic carbocycles. The summed E-state index contributed by atoms with van der Waals surface area (Å²) >= 11 is 0. The quantitative estimate of drug-likeness (QED) is 0.542. The van der Waals surface area contributed by atoms with Crippen molar-refractivity contribution in [3.8, 4) is 0 Å². The van der Waals surface area contributed by atoms with Gasteiger partial charge in [-0.3, -0.25) is 6.08 Å². The zero-order chi connectivity index (χ0) is 6.36. The van der Waals surface area contributed by atoms with Crippen LogP contribution < -0.4 is 0 Å². The first kappa shape index (κ1) is 10.4. The van der Waals surface area contributed by atoms with Gasteiger partial charge in [0, 0.05) is 26.2 Å². The van der Waals surface area contributed by atoms with Crippen molar-refractivity contribution in [3.05, 3.63) is 24.3 Å². The van der Waals surface area contributed by atoms with E-state index in [1.807, 2.05) is 12.2 Å². The van der Waals surface area contributed by atoms with Crippen LogP contribution in [-0.2, 0) is 26.2 Å². The summed E-state index contributed by atoms with van der Waals surface area (Å²) in [5.74, 6) is 0. The molecule has 1 saturated carbocycles. The van der Waals surface area contributed by atoms with Crippen LogP contribution in [0, 0.1) is 6.08 Å². The minimum absolute atomic E-state index is 0. The van der Waals surface area contributed by atoms with E-state index in [9.17, 15) is 0 Å². The number of hydrogen-bond acceptors (Lipinski definition) is 0. The fourth-order valence-corrected chi connectivity index (χ4v) is 0.590. The van der Waals surface area contributed by atoms with Crippen molar-refractivity contribution < 1.29 is 26.2 Å². The standard InChI is InChI=1S/C5H5.C4H8.Zr/c1-2-4-5-3-1;1-2-4-3-1;/h1-3H,4H2;1-4H2;/q-1;;. The van der Waals surface area contributed by atoms with E-state index in [1.165, 1.54) is 25.7 Å². The summed E-state index contributed by atoms with van der Waals surface area (Å²) in [5, 5.41) is 0. The Balaban J connectivity index is 0.000000150. The summed E-state index contributed by atoms with van der Waals surface area (Å²) in [6.07, 6.45) is 16.0. The SMILES string of the molecule is C1CCC1.[C-]1=CC=CC1.[Zr]. The van der Waals surface area contributed by atoms with Gasteiger partial charge in [-0.1, -0.05) is 25.7 Å². The summed E-state index contributed by atoms with van der Waals surface area (Å²) in [7, 11) is 0. The second kappa shape index (κ2) is 7.47. The van der Waals surface area contributed by atoms with Crippen molar-refractivity contribution in [1.29, 1.82) is 0 Å². The van der Waals surface area contributed by atoms with Crippen molar-refractivity contribution in [1.82, 2.24) is 0 Å². The predicted molar refractivity (Wildman–Crippen MR) is 40.0 cm³/mol. The number of hydrogen-bond donors (Lipinski definition) is 0. The summed E-state index contributed by atoms with van der Waals surface area (Å²) in [5.41, 5.74) is 0. The Morgan fingerprint density at radius 2 is 1.60 bits per heavy atom. The van der Waals surface area contributed by atoms with Gasteiger partial charge in [-0.15, -0.1) is 6.42 Å². The minimum Gasteiger partial charge on any atom is -0.273 e. The van der Waals surface area contributed by atoms with Crippen LogP contribution in [0.1, 0.15) is 32.1 Å². The van der Waals surface area contributed by atoms with Crippen LogP contribution in [0.3, 0.4) is 0 Å². The van der Waals surface area contributed by atoms with E-state index < -0.39 is 0 Å². The Hall–Kier alpha value is 0.363. The van der Waals surface area contributed by atoms with Crippen LogP contribution in [0.25, 0.3) is 0 Å². The molecule has 0 N–H and O–H groups in total. The molecule has 54 valence electrons. The van der Waals surface area contributed by atoms with Crippen molar-refractivity contribution >= 4 is 0 Å². The summed E-state index contributed by atoms with van der Waals surface area (Å²) in [6, 6.07) is 0. The van der Waals surface area contributed by atoms with E-state index in [0.717, 1.165) is 6.42 Å². The average molecular weight is 212 g/mol. The molecule has 0 nitrogen and oxygen atoms in total. The van der Waals surface area contributed by atoms with Gasteiger partial charge in [0.05, 0.1) is 0 Å². The molecule has 1 fully saturated rings. The molecule has 1 heteroatoms. The number of allylic oxidation sites excluding steroid dienone is 4. The van der Waals surface area contributed by atoms with Crippen molar-refractivity contribution in [2.45, 2.75) is 32.1 Å². The summed E-state index contributed by atoms with van der Waals surface area (Å²) in [6.45, 7) is 0. The second-order valence-electron chi connectivity index (χ2n) is 2.42. The topological polar surface area (TPSA) is 0 Å². The summed E-state index contributed by atoms with van der Waals surface area (Å²) < 4.78 is 0. The minimum atomic E-state index is 0. The third-order valence-electron chi connectivity index (χ3n) is 1.59. The van der Waals surface area contributed by atoms with Gasteiger partial charge >= 0.3 is 0 Å². The zero-order valence-corrected chi connectivity index (χ0v) is 8.73. The third kappa shape index (κ3) is 5.17. The monoisotopic (exact) mass is 211 g/mol. The molecule has 0 aromatic heterocycles. The Morgan fingerprint density at radius 1 is 1.00 bits per heavy atom. The third-order valence-corrected chi connectivity index (χ3v) is 1.59. The second-order valence-corrected chi connectivity index (χ2v) is 2.42. The van der Waals surface area contributed by atoms with Crippen molar-refractivity contribution in [2.75, 3.05) is 0 Å². The molecule has 0 aliphatic heterocycles. The van der Waals surface area contributed by atoms with Gasteiger partial charge in [-0.2, -0.15) is 6.08 Å². The van der Waals surface area contributed by atoms with E-state index >= 15 is 0 Å². The fourth-order valence-electron chi connectivity index (χ4n) is 0.590. The van der Waals surface area contributed by atoms with Gasteiger partial charge in [0.2, 0.25) is 0 Å². The van der Waals surface area contributed by atoms with Gasteiger partial charge in [-0.05, 0) is 0 Å². The smallest absolute Gasteiger partial charge is 0 e. The molecule has 2 aliphatic rings. The van der Waals surface area contributed by atoms with Crippen LogP contribution in [0.15, 0.2) is 18.2 Å². The fraction of sp³-hybridized carbons (Fsp3) is 0.556. The maximum Gasteiger partial charge on any atom is 0 e. The molecule has 0 bridgehead atoms. The maximum absolute atomic E-state index is 2.99. The van der Waals surface area contributed by atoms with Gasteiger partial charge in [0.1, 0.15) is 0 Å². The molecule has 0 heterocycles. The van der Waals surface area contributed by atoms with Gasteiger partial charge in [0.25, 0.3) is 0 Å². The van der Waals surface area contributed by atoms with E-state index in [-0.39, 0.29) is 26.2 Å². The molecule has 0 spiro atoms. The van der Waals surface area contributed by atoms with E-state index in [2.05, 4.69) is 12.2 Å². The van der Waals surface area contributed by atoms with Crippen molar-refractivity contribution in [2.24, 2.45) is 0 Å². The first-order chi connectivity index (χ1) is 4.50. The molecule has 0 radical (unpaired) electrons. The van der Waals surface area contributed by atoms with Crippen LogP contribution in [0.2, 0.25) is 0 Å². The Labute approximate surface area is 82.5 Å². The van der Waals surface area contributed by atoms with Gasteiger partial charge in [0.15, 0.2) is 0 Å². The van der Waals surface area contributed by atoms with Crippen LogP contribution in [0.5, 0.6) is 0 Å². The maximum atomic E-state index is 2.99. The van der Waals surface area contributed by atoms with Crippen LogP contribution in [-0.4, -0.2) is 0 Å². The molecule has 0 saturated heterocycles. The number of rotatable bonds is 0. The molecular weight excluding hydrogens is 199 g/mol. The Bertz CT molecular complexity index is 95.9. The molecule has 0 amide bonds. The average Bonchev–Trinajstić information content (AvgIpc) is 2.07. The largest absolute Gasteiger partial charge is 0.273 e. The molecule has 10 heavy (non-hydrogen) atoms. The molecule has 2 rings (SSSR count). The zero-order valence-electron chi connectivity index (χ0n) is 6.27.